The van der Waals surface area contributed by atoms with Gasteiger partial charge in [0.25, 0.3) is 0 Å². The molecule has 0 spiro atoms. The first kappa shape index (κ1) is 14.0. The molecule has 1 N–H and O–H groups in total. The Kier molecular flexibility index (Phi) is 4.65. The molecule has 4 nitrogen and oxygen atoms in total. The first-order valence-corrected chi connectivity index (χ1v) is 7.81. The number of aromatic nitrogens is 1. The molecule has 0 amide bonds. The fourth-order valence-corrected chi connectivity index (χ4v) is 2.66. The Hall–Kier alpha value is -0.970. The molecule has 0 bridgehead atoms. The van der Waals surface area contributed by atoms with Gasteiger partial charge in [0.05, 0.1) is 11.8 Å². The van der Waals surface area contributed by atoms with Crippen LogP contribution >= 0.6 is 0 Å². The molecular formula is C16H25N3O. The van der Waals surface area contributed by atoms with Crippen LogP contribution in [0.4, 0.5) is 0 Å². The zero-order valence-electron chi connectivity index (χ0n) is 12.3. The smallest absolute Gasteiger partial charge is 0.0674 e. The quantitative estimate of drug-likeness (QED) is 0.891. The summed E-state index contributed by atoms with van der Waals surface area (Å²) in [5.74, 6) is 0. The average molecular weight is 275 g/mol. The predicted molar refractivity (Wildman–Crippen MR) is 79.4 cm³/mol. The highest BCUT2D eigenvalue weighted by molar-refractivity contribution is 5.14. The minimum absolute atomic E-state index is 0.333. The van der Waals surface area contributed by atoms with Crippen LogP contribution in [0, 0.1) is 0 Å². The van der Waals surface area contributed by atoms with Crippen molar-refractivity contribution in [2.24, 2.45) is 0 Å². The van der Waals surface area contributed by atoms with Crippen molar-refractivity contribution < 1.29 is 4.74 Å². The van der Waals surface area contributed by atoms with Crippen LogP contribution in [0.25, 0.3) is 0 Å². The van der Waals surface area contributed by atoms with E-state index in [0.29, 0.717) is 6.10 Å². The third kappa shape index (κ3) is 4.27. The number of nitrogens with zero attached hydrogens (tertiary/aromatic N) is 2. The fourth-order valence-electron chi connectivity index (χ4n) is 2.66. The van der Waals surface area contributed by atoms with Crippen LogP contribution in [-0.2, 0) is 17.8 Å². The normalized spacial score (nSPS) is 24.6. The van der Waals surface area contributed by atoms with E-state index >= 15 is 0 Å². The predicted octanol–water partition coefficient (Wildman–Crippen LogP) is 1.94. The maximum Gasteiger partial charge on any atom is 0.0674 e. The average Bonchev–Trinajstić information content (AvgIpc) is 3.27. The summed E-state index contributed by atoms with van der Waals surface area (Å²) in [5, 5.41) is 3.52. The molecule has 4 heteroatoms. The van der Waals surface area contributed by atoms with Gasteiger partial charge < -0.3 is 10.1 Å². The number of hydrogen-bond donors (Lipinski definition) is 1. The lowest BCUT2D eigenvalue weighted by molar-refractivity contribution is 0.0666. The van der Waals surface area contributed by atoms with Crippen LogP contribution in [0.5, 0.6) is 0 Å². The second-order valence-corrected chi connectivity index (χ2v) is 6.08. The number of nitrogens with one attached hydrogen (secondary N) is 1. The van der Waals surface area contributed by atoms with Crippen molar-refractivity contribution in [2.75, 3.05) is 19.7 Å². The molecule has 1 atom stereocenters. The highest BCUT2D eigenvalue weighted by atomic mass is 16.5. The molecule has 2 heterocycles. The lowest BCUT2D eigenvalue weighted by Crippen LogP contribution is -2.30. The van der Waals surface area contributed by atoms with E-state index in [-0.39, 0.29) is 0 Å². The van der Waals surface area contributed by atoms with Gasteiger partial charge in [-0.05, 0) is 37.8 Å². The second kappa shape index (κ2) is 6.66. The molecule has 0 radical (unpaired) electrons. The van der Waals surface area contributed by atoms with Gasteiger partial charge in [-0.1, -0.05) is 6.07 Å². The molecule has 110 valence electrons. The monoisotopic (exact) mass is 275 g/mol. The highest BCUT2D eigenvalue weighted by Crippen LogP contribution is 2.19. The largest absolute Gasteiger partial charge is 0.377 e. The molecule has 2 aliphatic rings. The third-order valence-corrected chi connectivity index (χ3v) is 3.98. The molecule has 1 saturated carbocycles. The van der Waals surface area contributed by atoms with E-state index in [1.165, 1.54) is 18.4 Å². The Bertz CT molecular complexity index is 416. The van der Waals surface area contributed by atoms with Gasteiger partial charge in [0.15, 0.2) is 0 Å². The van der Waals surface area contributed by atoms with Gasteiger partial charge in [0, 0.05) is 45.0 Å². The number of hydrogen-bond acceptors (Lipinski definition) is 4. The maximum absolute atomic E-state index is 5.68. The van der Waals surface area contributed by atoms with Crippen LogP contribution in [0.1, 0.15) is 37.4 Å². The van der Waals surface area contributed by atoms with Gasteiger partial charge in [-0.2, -0.15) is 0 Å². The van der Waals surface area contributed by atoms with Gasteiger partial charge in [-0.15, -0.1) is 0 Å². The summed E-state index contributed by atoms with van der Waals surface area (Å²) in [7, 11) is 0. The lowest BCUT2D eigenvalue weighted by atomic mass is 10.2. The van der Waals surface area contributed by atoms with Crippen molar-refractivity contribution in [1.82, 2.24) is 15.2 Å². The van der Waals surface area contributed by atoms with Crippen LogP contribution in [-0.4, -0.2) is 41.7 Å². The minimum Gasteiger partial charge on any atom is -0.377 e. The van der Waals surface area contributed by atoms with Crippen LogP contribution in [0.3, 0.4) is 0 Å². The summed E-state index contributed by atoms with van der Waals surface area (Å²) in [6.45, 7) is 7.04. The maximum atomic E-state index is 5.68. The van der Waals surface area contributed by atoms with Crippen molar-refractivity contribution in [2.45, 2.75) is 51.4 Å². The standard InChI is InChI=1S/C16H25N3O/c1-13-11-19(7-2-8-20-13)12-16-4-3-14(10-18-16)9-17-15-5-6-15/h3-4,10,13,15,17H,2,5-9,11-12H2,1H3. The number of pyridine rings is 1. The summed E-state index contributed by atoms with van der Waals surface area (Å²) in [6, 6.07) is 5.13. The Morgan fingerprint density at radius 3 is 3.05 bits per heavy atom. The minimum atomic E-state index is 0.333. The summed E-state index contributed by atoms with van der Waals surface area (Å²) >= 11 is 0. The highest BCUT2D eigenvalue weighted by Gasteiger charge is 2.20. The van der Waals surface area contributed by atoms with E-state index in [0.717, 1.165) is 50.9 Å². The van der Waals surface area contributed by atoms with Crippen molar-refractivity contribution >= 4 is 0 Å². The first-order valence-electron chi connectivity index (χ1n) is 7.81. The number of rotatable bonds is 5. The van der Waals surface area contributed by atoms with E-state index in [4.69, 9.17) is 4.74 Å². The summed E-state index contributed by atoms with van der Waals surface area (Å²) in [4.78, 5) is 7.05. The van der Waals surface area contributed by atoms with E-state index in [1.807, 2.05) is 6.20 Å². The topological polar surface area (TPSA) is 37.4 Å². The van der Waals surface area contributed by atoms with E-state index in [9.17, 15) is 0 Å². The van der Waals surface area contributed by atoms with Gasteiger partial charge >= 0.3 is 0 Å². The Morgan fingerprint density at radius 1 is 1.40 bits per heavy atom. The van der Waals surface area contributed by atoms with Crippen molar-refractivity contribution in [1.29, 1.82) is 0 Å². The molecular weight excluding hydrogens is 250 g/mol. The summed E-state index contributed by atoms with van der Waals surface area (Å²) in [5.41, 5.74) is 2.45. The van der Waals surface area contributed by atoms with Gasteiger partial charge in [-0.3, -0.25) is 9.88 Å². The van der Waals surface area contributed by atoms with E-state index in [1.54, 1.807) is 0 Å². The molecule has 2 fully saturated rings. The number of ether oxygens (including phenoxy) is 1. The molecule has 1 aliphatic heterocycles. The van der Waals surface area contributed by atoms with Gasteiger partial charge in [0.2, 0.25) is 0 Å². The fraction of sp³-hybridized carbons (Fsp3) is 0.688. The van der Waals surface area contributed by atoms with Gasteiger partial charge in [-0.25, -0.2) is 0 Å². The Morgan fingerprint density at radius 2 is 2.30 bits per heavy atom. The Balaban J connectivity index is 1.51. The molecule has 0 aromatic carbocycles. The summed E-state index contributed by atoms with van der Waals surface area (Å²) < 4.78 is 5.68. The molecule has 3 rings (SSSR count). The second-order valence-electron chi connectivity index (χ2n) is 6.08. The van der Waals surface area contributed by atoms with Crippen molar-refractivity contribution in [3.63, 3.8) is 0 Å². The molecule has 1 saturated heterocycles. The zero-order valence-corrected chi connectivity index (χ0v) is 12.3. The SMILES string of the molecule is CC1CN(Cc2ccc(CNC3CC3)cn2)CCCO1. The molecule has 20 heavy (non-hydrogen) atoms. The summed E-state index contributed by atoms with van der Waals surface area (Å²) in [6.07, 6.45) is 6.14. The van der Waals surface area contributed by atoms with Crippen molar-refractivity contribution in [3.05, 3.63) is 29.6 Å². The third-order valence-electron chi connectivity index (χ3n) is 3.98. The molecule has 1 aliphatic carbocycles. The van der Waals surface area contributed by atoms with E-state index < -0.39 is 0 Å². The zero-order chi connectivity index (χ0) is 13.8. The molecule has 1 unspecified atom stereocenters. The van der Waals surface area contributed by atoms with Crippen LogP contribution in [0.2, 0.25) is 0 Å². The van der Waals surface area contributed by atoms with Crippen LogP contribution < -0.4 is 5.32 Å². The van der Waals surface area contributed by atoms with Gasteiger partial charge in [0.1, 0.15) is 0 Å². The lowest BCUT2D eigenvalue weighted by Gasteiger charge is -2.21. The first-order chi connectivity index (χ1) is 9.79. The molecule has 1 aromatic rings. The van der Waals surface area contributed by atoms with Crippen molar-refractivity contribution in [3.8, 4) is 0 Å². The van der Waals surface area contributed by atoms with Crippen LogP contribution in [0.15, 0.2) is 18.3 Å². The Labute approximate surface area is 121 Å². The van der Waals surface area contributed by atoms with E-state index in [2.05, 4.69) is 34.3 Å². The molecule has 1 aromatic heterocycles.